The molecule has 4 heteroatoms. The van der Waals surface area contributed by atoms with E-state index in [2.05, 4.69) is 31.5 Å². The van der Waals surface area contributed by atoms with Crippen LogP contribution in [0.2, 0.25) is 0 Å². The first-order chi connectivity index (χ1) is 8.50. The van der Waals surface area contributed by atoms with Crippen molar-refractivity contribution in [1.29, 1.82) is 0 Å². The molecule has 1 aliphatic carbocycles. The fraction of sp³-hybridized carbons (Fsp3) is 0.786. The standard InChI is InChI=1S/C14H23ClN2S/c1-14(2,3)12-9-18-13(17-12)8-16-11-6-4-5-10(11)7-15/h9-11,16H,4-8H2,1-3H3. The van der Waals surface area contributed by atoms with Gasteiger partial charge in [0.2, 0.25) is 0 Å². The van der Waals surface area contributed by atoms with Crippen molar-refractivity contribution >= 4 is 22.9 Å². The van der Waals surface area contributed by atoms with Gasteiger partial charge in [0.25, 0.3) is 0 Å². The van der Waals surface area contributed by atoms with Gasteiger partial charge in [-0.1, -0.05) is 27.2 Å². The van der Waals surface area contributed by atoms with E-state index in [-0.39, 0.29) is 5.41 Å². The fourth-order valence-electron chi connectivity index (χ4n) is 2.45. The Labute approximate surface area is 119 Å². The Bertz CT molecular complexity index is 383. The summed E-state index contributed by atoms with van der Waals surface area (Å²) in [6.07, 6.45) is 3.83. The zero-order chi connectivity index (χ0) is 13.2. The molecule has 0 bridgehead atoms. The lowest BCUT2D eigenvalue weighted by Crippen LogP contribution is -2.32. The Morgan fingerprint density at radius 2 is 2.22 bits per heavy atom. The van der Waals surface area contributed by atoms with Crippen molar-refractivity contribution in [2.75, 3.05) is 5.88 Å². The summed E-state index contributed by atoms with van der Waals surface area (Å²) in [6.45, 7) is 7.51. The highest BCUT2D eigenvalue weighted by Crippen LogP contribution is 2.28. The Morgan fingerprint density at radius 3 is 2.83 bits per heavy atom. The van der Waals surface area contributed by atoms with Crippen molar-refractivity contribution in [2.24, 2.45) is 5.92 Å². The second kappa shape index (κ2) is 5.89. The maximum absolute atomic E-state index is 6.00. The van der Waals surface area contributed by atoms with Gasteiger partial charge < -0.3 is 5.32 Å². The number of rotatable bonds is 4. The van der Waals surface area contributed by atoms with E-state index >= 15 is 0 Å². The minimum absolute atomic E-state index is 0.154. The minimum Gasteiger partial charge on any atom is -0.307 e. The zero-order valence-corrected chi connectivity index (χ0v) is 13.1. The number of hydrogen-bond donors (Lipinski definition) is 1. The van der Waals surface area contributed by atoms with Gasteiger partial charge in [-0.05, 0) is 18.8 Å². The van der Waals surface area contributed by atoms with Crippen molar-refractivity contribution in [3.8, 4) is 0 Å². The topological polar surface area (TPSA) is 24.9 Å². The number of nitrogens with one attached hydrogen (secondary N) is 1. The van der Waals surface area contributed by atoms with Crippen LogP contribution in [-0.4, -0.2) is 16.9 Å². The minimum atomic E-state index is 0.154. The molecule has 0 radical (unpaired) electrons. The average molecular weight is 287 g/mol. The summed E-state index contributed by atoms with van der Waals surface area (Å²) in [7, 11) is 0. The summed E-state index contributed by atoms with van der Waals surface area (Å²) in [5.74, 6) is 1.43. The van der Waals surface area contributed by atoms with Crippen LogP contribution in [0.1, 0.15) is 50.7 Å². The van der Waals surface area contributed by atoms with Crippen LogP contribution < -0.4 is 5.32 Å². The second-order valence-electron chi connectivity index (χ2n) is 6.21. The van der Waals surface area contributed by atoms with Gasteiger partial charge in [0.1, 0.15) is 5.01 Å². The lowest BCUT2D eigenvalue weighted by atomic mass is 9.93. The summed E-state index contributed by atoms with van der Waals surface area (Å²) in [4.78, 5) is 4.72. The number of halogens is 1. The summed E-state index contributed by atoms with van der Waals surface area (Å²) >= 11 is 7.76. The van der Waals surface area contributed by atoms with Crippen LogP contribution in [0.15, 0.2) is 5.38 Å². The molecule has 1 fully saturated rings. The molecule has 0 aromatic carbocycles. The summed E-state index contributed by atoms with van der Waals surface area (Å²) < 4.78 is 0. The van der Waals surface area contributed by atoms with Crippen LogP contribution in [0.5, 0.6) is 0 Å². The molecule has 1 N–H and O–H groups in total. The van der Waals surface area contributed by atoms with Crippen molar-refractivity contribution in [2.45, 2.75) is 58.0 Å². The number of hydrogen-bond acceptors (Lipinski definition) is 3. The summed E-state index contributed by atoms with van der Waals surface area (Å²) in [5.41, 5.74) is 1.35. The first-order valence-electron chi connectivity index (χ1n) is 6.75. The Balaban J connectivity index is 1.89. The highest BCUT2D eigenvalue weighted by Gasteiger charge is 2.26. The van der Waals surface area contributed by atoms with Gasteiger partial charge in [-0.2, -0.15) is 0 Å². The first kappa shape index (κ1) is 14.3. The number of thiazole rings is 1. The van der Waals surface area contributed by atoms with Gasteiger partial charge in [-0.25, -0.2) is 4.98 Å². The molecular formula is C14H23ClN2S. The van der Waals surface area contributed by atoms with Gasteiger partial charge in [-0.15, -0.1) is 22.9 Å². The lowest BCUT2D eigenvalue weighted by Gasteiger charge is -2.18. The molecule has 2 atom stereocenters. The van der Waals surface area contributed by atoms with E-state index in [4.69, 9.17) is 16.6 Å². The maximum atomic E-state index is 6.00. The number of aromatic nitrogens is 1. The van der Waals surface area contributed by atoms with Gasteiger partial charge >= 0.3 is 0 Å². The monoisotopic (exact) mass is 286 g/mol. The lowest BCUT2D eigenvalue weighted by molar-refractivity contribution is 0.428. The molecule has 2 unspecified atom stereocenters. The number of alkyl halides is 1. The highest BCUT2D eigenvalue weighted by molar-refractivity contribution is 7.09. The molecule has 18 heavy (non-hydrogen) atoms. The molecule has 102 valence electrons. The van der Waals surface area contributed by atoms with E-state index in [1.54, 1.807) is 11.3 Å². The molecule has 0 saturated heterocycles. The molecule has 1 heterocycles. The maximum Gasteiger partial charge on any atom is 0.107 e. The normalized spacial score (nSPS) is 24.7. The third-order valence-electron chi connectivity index (χ3n) is 3.69. The molecule has 1 aromatic rings. The van der Waals surface area contributed by atoms with Crippen LogP contribution in [0.3, 0.4) is 0 Å². The SMILES string of the molecule is CC(C)(C)c1csc(CNC2CCCC2CCl)n1. The number of nitrogens with zero attached hydrogens (tertiary/aromatic N) is 1. The molecule has 2 rings (SSSR count). The molecule has 0 spiro atoms. The largest absolute Gasteiger partial charge is 0.307 e. The Kier molecular flexibility index (Phi) is 4.68. The first-order valence-corrected chi connectivity index (χ1v) is 8.16. The quantitative estimate of drug-likeness (QED) is 0.848. The molecule has 0 amide bonds. The van der Waals surface area contributed by atoms with Crippen molar-refractivity contribution in [3.63, 3.8) is 0 Å². The van der Waals surface area contributed by atoms with Gasteiger partial charge in [0, 0.05) is 29.3 Å². The van der Waals surface area contributed by atoms with E-state index in [0.29, 0.717) is 12.0 Å². The molecular weight excluding hydrogens is 264 g/mol. The molecule has 2 nitrogen and oxygen atoms in total. The van der Waals surface area contributed by atoms with E-state index in [1.807, 2.05) is 0 Å². The van der Waals surface area contributed by atoms with E-state index < -0.39 is 0 Å². The van der Waals surface area contributed by atoms with Crippen molar-refractivity contribution in [1.82, 2.24) is 10.3 Å². The van der Waals surface area contributed by atoms with E-state index in [9.17, 15) is 0 Å². The Hall–Kier alpha value is -0.120. The van der Waals surface area contributed by atoms with Crippen LogP contribution in [-0.2, 0) is 12.0 Å². The second-order valence-corrected chi connectivity index (χ2v) is 7.46. The molecule has 1 aromatic heterocycles. The molecule has 1 aliphatic rings. The zero-order valence-electron chi connectivity index (χ0n) is 11.5. The average Bonchev–Trinajstić information content (AvgIpc) is 2.94. The van der Waals surface area contributed by atoms with Crippen molar-refractivity contribution < 1.29 is 0 Å². The highest BCUT2D eigenvalue weighted by atomic mass is 35.5. The van der Waals surface area contributed by atoms with Crippen molar-refractivity contribution in [3.05, 3.63) is 16.1 Å². The molecule has 0 aliphatic heterocycles. The fourth-order valence-corrected chi connectivity index (χ4v) is 3.79. The Morgan fingerprint density at radius 1 is 1.44 bits per heavy atom. The summed E-state index contributed by atoms with van der Waals surface area (Å²) in [6, 6.07) is 0.587. The van der Waals surface area contributed by atoms with E-state index in [0.717, 1.165) is 12.4 Å². The third kappa shape index (κ3) is 3.46. The molecule has 1 saturated carbocycles. The predicted octanol–water partition coefficient (Wildman–Crippen LogP) is 3.94. The van der Waals surface area contributed by atoms with Crippen LogP contribution in [0.25, 0.3) is 0 Å². The van der Waals surface area contributed by atoms with Gasteiger partial charge in [0.15, 0.2) is 0 Å². The summed E-state index contributed by atoms with van der Waals surface area (Å²) in [5, 5.41) is 7.01. The van der Waals surface area contributed by atoms with Crippen LogP contribution >= 0.6 is 22.9 Å². The van der Waals surface area contributed by atoms with Gasteiger partial charge in [-0.3, -0.25) is 0 Å². The van der Waals surface area contributed by atoms with Gasteiger partial charge in [0.05, 0.1) is 5.69 Å². The van der Waals surface area contributed by atoms with E-state index in [1.165, 1.54) is 30.0 Å². The smallest absolute Gasteiger partial charge is 0.107 e. The predicted molar refractivity (Wildman–Crippen MR) is 79.5 cm³/mol. The van der Waals surface area contributed by atoms with Crippen LogP contribution in [0, 0.1) is 5.92 Å². The van der Waals surface area contributed by atoms with Crippen LogP contribution in [0.4, 0.5) is 0 Å². The third-order valence-corrected chi connectivity index (χ3v) is 4.94.